The molecule has 0 aromatic carbocycles. The van der Waals surface area contributed by atoms with Gasteiger partial charge < -0.3 is 10.4 Å². The molecule has 0 radical (unpaired) electrons. The predicted molar refractivity (Wildman–Crippen MR) is 59.3 cm³/mol. The summed E-state index contributed by atoms with van der Waals surface area (Å²) in [4.78, 5) is 0. The fraction of sp³-hybridized carbons (Fsp3) is 1.00. The first-order valence-corrected chi connectivity index (χ1v) is 6.47. The van der Waals surface area contributed by atoms with Crippen LogP contribution in [0.15, 0.2) is 0 Å². The first-order valence-electron chi connectivity index (χ1n) is 5.31. The van der Waals surface area contributed by atoms with E-state index in [9.17, 15) is 0 Å². The molecule has 13 heavy (non-hydrogen) atoms. The molecule has 3 heteroatoms. The van der Waals surface area contributed by atoms with Gasteiger partial charge in [-0.15, -0.1) is 0 Å². The maximum Gasteiger partial charge on any atom is 0.0585 e. The van der Waals surface area contributed by atoms with Crippen LogP contribution in [0.25, 0.3) is 0 Å². The summed E-state index contributed by atoms with van der Waals surface area (Å²) in [6.07, 6.45) is 4.97. The van der Waals surface area contributed by atoms with E-state index in [0.717, 1.165) is 6.42 Å². The Bertz CT molecular complexity index is 128. The van der Waals surface area contributed by atoms with Crippen LogP contribution in [0.4, 0.5) is 0 Å². The summed E-state index contributed by atoms with van der Waals surface area (Å²) in [6, 6.07) is 1.06. The largest absolute Gasteiger partial charge is 0.395 e. The highest BCUT2D eigenvalue weighted by atomic mass is 32.2. The zero-order valence-electron chi connectivity index (χ0n) is 8.46. The minimum atomic E-state index is 0.295. The van der Waals surface area contributed by atoms with Gasteiger partial charge in [-0.1, -0.05) is 6.92 Å². The van der Waals surface area contributed by atoms with Crippen molar-refractivity contribution >= 4 is 11.8 Å². The minimum Gasteiger partial charge on any atom is -0.395 e. The molecule has 2 nitrogen and oxygen atoms in total. The molecule has 0 aromatic rings. The maximum absolute atomic E-state index is 9.09. The molecule has 1 saturated carbocycles. The number of nitrogens with one attached hydrogen (secondary N) is 1. The van der Waals surface area contributed by atoms with E-state index in [1.54, 1.807) is 0 Å². The van der Waals surface area contributed by atoms with Crippen LogP contribution in [0.2, 0.25) is 0 Å². The standard InChI is InChI=1S/C10H21NOS/c1-2-6-13-7-5-10(8-12)11-9-3-4-9/h9-12H,2-8H2,1H3. The Morgan fingerprint density at radius 3 is 2.77 bits per heavy atom. The van der Waals surface area contributed by atoms with Crippen LogP contribution in [-0.2, 0) is 0 Å². The molecule has 1 fully saturated rings. The van der Waals surface area contributed by atoms with E-state index in [1.165, 1.54) is 30.8 Å². The Labute approximate surface area is 85.5 Å². The van der Waals surface area contributed by atoms with Gasteiger partial charge in [0.2, 0.25) is 0 Å². The highest BCUT2D eigenvalue weighted by Gasteiger charge is 2.23. The van der Waals surface area contributed by atoms with E-state index < -0.39 is 0 Å². The highest BCUT2D eigenvalue weighted by molar-refractivity contribution is 7.99. The predicted octanol–water partition coefficient (Wildman–Crippen LogP) is 1.63. The monoisotopic (exact) mass is 203 g/mol. The van der Waals surface area contributed by atoms with Gasteiger partial charge in [0.1, 0.15) is 0 Å². The van der Waals surface area contributed by atoms with Gasteiger partial charge in [0.05, 0.1) is 6.61 Å². The number of aliphatic hydroxyl groups is 1. The van der Waals surface area contributed by atoms with Gasteiger partial charge in [-0.05, 0) is 37.2 Å². The van der Waals surface area contributed by atoms with Crippen molar-refractivity contribution in [2.45, 2.75) is 44.7 Å². The normalized spacial score (nSPS) is 18.9. The van der Waals surface area contributed by atoms with Crippen molar-refractivity contribution in [3.8, 4) is 0 Å². The Morgan fingerprint density at radius 2 is 2.23 bits per heavy atom. The minimum absolute atomic E-state index is 0.295. The zero-order valence-corrected chi connectivity index (χ0v) is 9.28. The average Bonchev–Trinajstić information content (AvgIpc) is 2.94. The fourth-order valence-corrected chi connectivity index (χ4v) is 2.23. The number of hydrogen-bond acceptors (Lipinski definition) is 3. The topological polar surface area (TPSA) is 32.3 Å². The second kappa shape index (κ2) is 6.68. The molecule has 78 valence electrons. The van der Waals surface area contributed by atoms with Crippen molar-refractivity contribution in [2.75, 3.05) is 18.1 Å². The third kappa shape index (κ3) is 5.55. The average molecular weight is 203 g/mol. The van der Waals surface area contributed by atoms with Crippen molar-refractivity contribution < 1.29 is 5.11 Å². The lowest BCUT2D eigenvalue weighted by molar-refractivity contribution is 0.239. The van der Waals surface area contributed by atoms with Gasteiger partial charge in [-0.25, -0.2) is 0 Å². The van der Waals surface area contributed by atoms with Crippen molar-refractivity contribution in [1.82, 2.24) is 5.32 Å². The molecule has 0 aromatic heterocycles. The molecule has 0 saturated heterocycles. The highest BCUT2D eigenvalue weighted by Crippen LogP contribution is 2.20. The molecular formula is C10H21NOS. The lowest BCUT2D eigenvalue weighted by Crippen LogP contribution is -2.34. The SMILES string of the molecule is CCCSCCC(CO)NC1CC1. The van der Waals surface area contributed by atoms with Crippen LogP contribution < -0.4 is 5.32 Å². The first kappa shape index (κ1) is 11.3. The third-order valence-corrected chi connectivity index (χ3v) is 3.45. The van der Waals surface area contributed by atoms with E-state index in [2.05, 4.69) is 12.2 Å². The van der Waals surface area contributed by atoms with Gasteiger partial charge in [-0.2, -0.15) is 11.8 Å². The van der Waals surface area contributed by atoms with Crippen LogP contribution in [0, 0.1) is 0 Å². The Hall–Kier alpha value is 0.270. The van der Waals surface area contributed by atoms with E-state index in [0.29, 0.717) is 18.7 Å². The van der Waals surface area contributed by atoms with Gasteiger partial charge in [0, 0.05) is 12.1 Å². The summed E-state index contributed by atoms with van der Waals surface area (Å²) < 4.78 is 0. The molecule has 0 amide bonds. The van der Waals surface area contributed by atoms with Crippen molar-refractivity contribution in [3.63, 3.8) is 0 Å². The summed E-state index contributed by atoms with van der Waals surface area (Å²) in [7, 11) is 0. The summed E-state index contributed by atoms with van der Waals surface area (Å²) in [5.41, 5.74) is 0. The molecule has 1 aliphatic carbocycles. The first-order chi connectivity index (χ1) is 6.36. The summed E-state index contributed by atoms with van der Waals surface area (Å²) in [5, 5.41) is 12.5. The molecule has 0 heterocycles. The fourth-order valence-electron chi connectivity index (χ4n) is 1.28. The Kier molecular flexibility index (Phi) is 5.83. The van der Waals surface area contributed by atoms with Crippen LogP contribution in [0.1, 0.15) is 32.6 Å². The van der Waals surface area contributed by atoms with E-state index in [1.807, 2.05) is 11.8 Å². The molecule has 1 unspecified atom stereocenters. The molecule has 1 atom stereocenters. The van der Waals surface area contributed by atoms with Crippen LogP contribution in [0.3, 0.4) is 0 Å². The van der Waals surface area contributed by atoms with Crippen molar-refractivity contribution in [2.24, 2.45) is 0 Å². The lowest BCUT2D eigenvalue weighted by atomic mass is 10.2. The molecule has 2 N–H and O–H groups in total. The third-order valence-electron chi connectivity index (χ3n) is 2.23. The number of rotatable bonds is 8. The van der Waals surface area contributed by atoms with Crippen molar-refractivity contribution in [1.29, 1.82) is 0 Å². The van der Waals surface area contributed by atoms with Crippen LogP contribution in [0.5, 0.6) is 0 Å². The molecule has 0 bridgehead atoms. The summed E-state index contributed by atoms with van der Waals surface area (Å²) in [5.74, 6) is 2.43. The van der Waals surface area contributed by atoms with Crippen molar-refractivity contribution in [3.05, 3.63) is 0 Å². The summed E-state index contributed by atoms with van der Waals surface area (Å²) >= 11 is 1.99. The quantitative estimate of drug-likeness (QED) is 0.588. The van der Waals surface area contributed by atoms with Crippen LogP contribution >= 0.6 is 11.8 Å². The Morgan fingerprint density at radius 1 is 1.46 bits per heavy atom. The number of hydrogen-bond donors (Lipinski definition) is 2. The van der Waals surface area contributed by atoms with E-state index in [4.69, 9.17) is 5.11 Å². The van der Waals surface area contributed by atoms with E-state index >= 15 is 0 Å². The summed E-state index contributed by atoms with van der Waals surface area (Å²) in [6.45, 7) is 2.50. The van der Waals surface area contributed by atoms with Gasteiger partial charge in [-0.3, -0.25) is 0 Å². The van der Waals surface area contributed by atoms with Gasteiger partial charge in [0.15, 0.2) is 0 Å². The number of aliphatic hydroxyl groups excluding tert-OH is 1. The second-order valence-corrected chi connectivity index (χ2v) is 4.95. The van der Waals surface area contributed by atoms with Gasteiger partial charge >= 0.3 is 0 Å². The second-order valence-electron chi connectivity index (χ2n) is 3.72. The van der Waals surface area contributed by atoms with Crippen LogP contribution in [-0.4, -0.2) is 35.3 Å². The molecule has 1 aliphatic rings. The molecule has 1 rings (SSSR count). The van der Waals surface area contributed by atoms with Gasteiger partial charge in [0.25, 0.3) is 0 Å². The maximum atomic E-state index is 9.09. The lowest BCUT2D eigenvalue weighted by Gasteiger charge is -2.15. The molecule has 0 spiro atoms. The molecular weight excluding hydrogens is 182 g/mol. The van der Waals surface area contributed by atoms with E-state index in [-0.39, 0.29) is 0 Å². The zero-order chi connectivity index (χ0) is 9.52. The Balaban J connectivity index is 1.94. The smallest absolute Gasteiger partial charge is 0.0585 e. The molecule has 0 aliphatic heterocycles. The number of thioether (sulfide) groups is 1.